The number of hydrogen-bond acceptors (Lipinski definition) is 3. The van der Waals surface area contributed by atoms with Crippen molar-refractivity contribution in [1.29, 1.82) is 5.26 Å². The fraction of sp³-hybridized carbons (Fsp3) is 0.533. The van der Waals surface area contributed by atoms with Crippen molar-refractivity contribution >= 4 is 0 Å². The first-order valence-corrected chi connectivity index (χ1v) is 6.42. The van der Waals surface area contributed by atoms with Crippen LogP contribution in [0.1, 0.15) is 38.3 Å². The van der Waals surface area contributed by atoms with Crippen molar-refractivity contribution in [3.63, 3.8) is 0 Å². The van der Waals surface area contributed by atoms with E-state index in [4.69, 9.17) is 10.00 Å². The van der Waals surface area contributed by atoms with Gasteiger partial charge in [0, 0.05) is 18.2 Å². The number of nitriles is 1. The highest BCUT2D eigenvalue weighted by Gasteiger charge is 2.11. The van der Waals surface area contributed by atoms with Crippen LogP contribution in [0, 0.1) is 17.2 Å². The molecular weight excluding hydrogens is 224 g/mol. The molecule has 0 spiro atoms. The monoisotopic (exact) mass is 246 g/mol. The minimum Gasteiger partial charge on any atom is -0.496 e. The number of hydrogen-bond donors (Lipinski definition) is 1. The van der Waals surface area contributed by atoms with E-state index in [-0.39, 0.29) is 0 Å². The van der Waals surface area contributed by atoms with Gasteiger partial charge in [0.25, 0.3) is 0 Å². The van der Waals surface area contributed by atoms with E-state index in [9.17, 15) is 0 Å². The van der Waals surface area contributed by atoms with Crippen molar-refractivity contribution in [3.8, 4) is 11.8 Å². The lowest BCUT2D eigenvalue weighted by molar-refractivity contribution is 0.378. The Morgan fingerprint density at radius 1 is 1.39 bits per heavy atom. The third kappa shape index (κ3) is 3.75. The van der Waals surface area contributed by atoms with Crippen LogP contribution in [0.25, 0.3) is 0 Å². The Hall–Kier alpha value is -1.53. The van der Waals surface area contributed by atoms with E-state index in [0.717, 1.165) is 24.3 Å². The van der Waals surface area contributed by atoms with Crippen molar-refractivity contribution in [2.45, 2.75) is 39.8 Å². The molecule has 0 heterocycles. The second kappa shape index (κ2) is 7.03. The molecule has 98 valence electrons. The van der Waals surface area contributed by atoms with E-state index in [2.05, 4.69) is 32.2 Å². The summed E-state index contributed by atoms with van der Waals surface area (Å²) in [5.41, 5.74) is 1.70. The smallest absolute Gasteiger partial charge is 0.123 e. The molecular formula is C15H22N2O. The van der Waals surface area contributed by atoms with Gasteiger partial charge in [0.15, 0.2) is 0 Å². The molecule has 2 unspecified atom stereocenters. The molecule has 0 aliphatic rings. The summed E-state index contributed by atoms with van der Waals surface area (Å²) in [5, 5.41) is 12.4. The Morgan fingerprint density at radius 2 is 2.11 bits per heavy atom. The molecule has 0 bridgehead atoms. The SMILES string of the molecule is CCC(C)C(C)NCc1cc(C#N)ccc1OC. The minimum atomic E-state index is 0.449. The van der Waals surface area contributed by atoms with Gasteiger partial charge in [-0.1, -0.05) is 20.3 Å². The normalized spacial score (nSPS) is 13.7. The highest BCUT2D eigenvalue weighted by atomic mass is 16.5. The lowest BCUT2D eigenvalue weighted by atomic mass is 10.0. The number of benzene rings is 1. The van der Waals surface area contributed by atoms with Crippen molar-refractivity contribution < 1.29 is 4.74 Å². The molecule has 0 aromatic heterocycles. The maximum absolute atomic E-state index is 8.92. The zero-order valence-electron chi connectivity index (χ0n) is 11.7. The largest absolute Gasteiger partial charge is 0.496 e. The second-order valence-electron chi connectivity index (χ2n) is 4.69. The average molecular weight is 246 g/mol. The molecule has 0 aliphatic heterocycles. The number of rotatable bonds is 6. The first-order valence-electron chi connectivity index (χ1n) is 6.42. The fourth-order valence-corrected chi connectivity index (χ4v) is 1.81. The molecule has 0 fully saturated rings. The standard InChI is InChI=1S/C15H22N2O/c1-5-11(2)12(3)17-10-14-8-13(9-16)6-7-15(14)18-4/h6-8,11-12,17H,5,10H2,1-4H3. The van der Waals surface area contributed by atoms with E-state index >= 15 is 0 Å². The molecule has 1 aromatic rings. The third-order valence-electron chi connectivity index (χ3n) is 3.52. The number of nitrogens with one attached hydrogen (secondary N) is 1. The topological polar surface area (TPSA) is 45.0 Å². The van der Waals surface area contributed by atoms with Crippen LogP contribution in [-0.2, 0) is 6.54 Å². The van der Waals surface area contributed by atoms with Gasteiger partial charge in [0.05, 0.1) is 18.7 Å². The Labute approximate surface area is 110 Å². The summed E-state index contributed by atoms with van der Waals surface area (Å²) in [4.78, 5) is 0. The van der Waals surface area contributed by atoms with Crippen LogP contribution in [-0.4, -0.2) is 13.2 Å². The average Bonchev–Trinajstić information content (AvgIpc) is 2.43. The van der Waals surface area contributed by atoms with Gasteiger partial charge in [0.1, 0.15) is 5.75 Å². The molecule has 18 heavy (non-hydrogen) atoms. The number of nitrogens with zero attached hydrogens (tertiary/aromatic N) is 1. The predicted molar refractivity (Wildman–Crippen MR) is 73.5 cm³/mol. The Bertz CT molecular complexity index is 423. The van der Waals surface area contributed by atoms with Gasteiger partial charge in [-0.3, -0.25) is 0 Å². The summed E-state index contributed by atoms with van der Waals surface area (Å²) >= 11 is 0. The van der Waals surface area contributed by atoms with Crippen LogP contribution >= 0.6 is 0 Å². The molecule has 3 nitrogen and oxygen atoms in total. The first-order chi connectivity index (χ1) is 8.62. The molecule has 1 rings (SSSR count). The lowest BCUT2D eigenvalue weighted by Crippen LogP contribution is -2.31. The summed E-state index contributed by atoms with van der Waals surface area (Å²) in [6, 6.07) is 8.12. The van der Waals surface area contributed by atoms with Gasteiger partial charge in [-0.05, 0) is 31.0 Å². The molecule has 0 aliphatic carbocycles. The summed E-state index contributed by atoms with van der Waals surface area (Å²) in [6.07, 6.45) is 1.16. The van der Waals surface area contributed by atoms with E-state index < -0.39 is 0 Å². The second-order valence-corrected chi connectivity index (χ2v) is 4.69. The van der Waals surface area contributed by atoms with Crippen molar-refractivity contribution in [2.24, 2.45) is 5.92 Å². The Balaban J connectivity index is 2.74. The summed E-state index contributed by atoms with van der Waals surface area (Å²) in [5.74, 6) is 1.47. The van der Waals surface area contributed by atoms with E-state index in [1.54, 1.807) is 13.2 Å². The molecule has 1 aromatic carbocycles. The third-order valence-corrected chi connectivity index (χ3v) is 3.52. The van der Waals surface area contributed by atoms with Gasteiger partial charge in [-0.25, -0.2) is 0 Å². The first kappa shape index (κ1) is 14.5. The van der Waals surface area contributed by atoms with Crippen molar-refractivity contribution in [1.82, 2.24) is 5.32 Å². The molecule has 1 N–H and O–H groups in total. The summed E-state index contributed by atoms with van der Waals surface area (Å²) < 4.78 is 5.31. The van der Waals surface area contributed by atoms with Crippen LogP contribution in [0.15, 0.2) is 18.2 Å². The van der Waals surface area contributed by atoms with Gasteiger partial charge in [-0.2, -0.15) is 5.26 Å². The predicted octanol–water partition coefficient (Wildman–Crippen LogP) is 3.09. The summed E-state index contributed by atoms with van der Waals surface area (Å²) in [6.45, 7) is 7.35. The molecule has 0 saturated carbocycles. The quantitative estimate of drug-likeness (QED) is 0.839. The highest BCUT2D eigenvalue weighted by Crippen LogP contribution is 2.20. The van der Waals surface area contributed by atoms with Crippen LogP contribution in [0.5, 0.6) is 5.75 Å². The van der Waals surface area contributed by atoms with Gasteiger partial charge >= 0.3 is 0 Å². The van der Waals surface area contributed by atoms with Crippen LogP contribution < -0.4 is 10.1 Å². The molecule has 3 heteroatoms. The molecule has 2 atom stereocenters. The van der Waals surface area contributed by atoms with Crippen LogP contribution in [0.2, 0.25) is 0 Å². The lowest BCUT2D eigenvalue weighted by Gasteiger charge is -2.20. The number of methoxy groups -OCH3 is 1. The summed E-state index contributed by atoms with van der Waals surface area (Å²) in [7, 11) is 1.66. The zero-order chi connectivity index (χ0) is 13.5. The van der Waals surface area contributed by atoms with Gasteiger partial charge in [0.2, 0.25) is 0 Å². The maximum atomic E-state index is 8.92. The van der Waals surface area contributed by atoms with Gasteiger partial charge in [-0.15, -0.1) is 0 Å². The minimum absolute atomic E-state index is 0.449. The van der Waals surface area contributed by atoms with Crippen molar-refractivity contribution in [3.05, 3.63) is 29.3 Å². The van der Waals surface area contributed by atoms with Crippen molar-refractivity contribution in [2.75, 3.05) is 7.11 Å². The fourth-order valence-electron chi connectivity index (χ4n) is 1.81. The van der Waals surface area contributed by atoms with E-state index in [1.165, 1.54) is 0 Å². The highest BCUT2D eigenvalue weighted by molar-refractivity contribution is 5.42. The molecule has 0 radical (unpaired) electrons. The zero-order valence-corrected chi connectivity index (χ0v) is 11.7. The van der Waals surface area contributed by atoms with E-state index in [0.29, 0.717) is 17.5 Å². The van der Waals surface area contributed by atoms with Gasteiger partial charge < -0.3 is 10.1 Å². The molecule has 0 saturated heterocycles. The number of ether oxygens (including phenoxy) is 1. The van der Waals surface area contributed by atoms with Crippen LogP contribution in [0.3, 0.4) is 0 Å². The Kier molecular flexibility index (Phi) is 5.67. The molecule has 0 amide bonds. The van der Waals surface area contributed by atoms with Crippen LogP contribution in [0.4, 0.5) is 0 Å². The Morgan fingerprint density at radius 3 is 2.67 bits per heavy atom. The maximum Gasteiger partial charge on any atom is 0.123 e. The van der Waals surface area contributed by atoms with E-state index in [1.807, 2.05) is 12.1 Å².